The van der Waals surface area contributed by atoms with E-state index in [2.05, 4.69) is 0 Å². The number of methoxy groups -OCH3 is 1. The molecule has 160 valence electrons. The maximum Gasteiger partial charge on any atom is 0.264 e. The Bertz CT molecular complexity index is 1120. The molecule has 1 unspecified atom stereocenters. The second-order valence-electron chi connectivity index (χ2n) is 7.34. The molecule has 1 amide bonds. The number of ketones is 1. The Labute approximate surface area is 184 Å². The Hall–Kier alpha value is -3.16. The normalized spacial score (nSPS) is 17.5. The maximum absolute atomic E-state index is 13.3. The Morgan fingerprint density at radius 1 is 1.06 bits per heavy atom. The molecule has 0 radical (unpaired) electrons. The summed E-state index contributed by atoms with van der Waals surface area (Å²) in [4.78, 5) is 29.1. The number of aryl methyl sites for hydroxylation is 1. The summed E-state index contributed by atoms with van der Waals surface area (Å²) in [5.41, 5.74) is -0.858. The van der Waals surface area contributed by atoms with E-state index in [0.717, 1.165) is 4.88 Å². The number of benzene rings is 2. The van der Waals surface area contributed by atoms with E-state index in [9.17, 15) is 14.7 Å². The van der Waals surface area contributed by atoms with Gasteiger partial charge in [0.25, 0.3) is 5.91 Å². The van der Waals surface area contributed by atoms with Gasteiger partial charge in [0.05, 0.1) is 30.6 Å². The standard InChI is InChI=1S/C24H23NO5S/c1-16-11-12-22(31-16)19(26)15-24(28)17-7-3-4-8-18(17)25(23(24)27)13-14-30-21-10-6-5-9-20(21)29-2/h3-12,28H,13-15H2,1-2H3. The van der Waals surface area contributed by atoms with Crippen LogP contribution in [0.5, 0.6) is 11.5 Å². The summed E-state index contributed by atoms with van der Waals surface area (Å²) in [5.74, 6) is 0.405. The Morgan fingerprint density at radius 2 is 1.77 bits per heavy atom. The quantitative estimate of drug-likeness (QED) is 0.540. The Balaban J connectivity index is 1.53. The zero-order valence-corrected chi connectivity index (χ0v) is 18.1. The smallest absolute Gasteiger partial charge is 0.264 e. The van der Waals surface area contributed by atoms with E-state index in [1.807, 2.05) is 25.1 Å². The highest BCUT2D eigenvalue weighted by atomic mass is 32.1. The molecule has 31 heavy (non-hydrogen) atoms. The van der Waals surface area contributed by atoms with E-state index < -0.39 is 11.5 Å². The Kier molecular flexibility index (Phi) is 5.80. The van der Waals surface area contributed by atoms with Gasteiger partial charge in [-0.05, 0) is 37.3 Å². The second-order valence-corrected chi connectivity index (χ2v) is 8.63. The average Bonchev–Trinajstić information content (AvgIpc) is 3.30. The molecule has 2 aromatic carbocycles. The SMILES string of the molecule is COc1ccccc1OCCN1C(=O)C(O)(CC(=O)c2ccc(C)s2)c2ccccc21. The summed E-state index contributed by atoms with van der Waals surface area (Å²) in [6.07, 6.45) is -0.299. The highest BCUT2D eigenvalue weighted by molar-refractivity contribution is 7.14. The van der Waals surface area contributed by atoms with Crippen molar-refractivity contribution in [3.63, 3.8) is 0 Å². The minimum absolute atomic E-state index is 0.203. The summed E-state index contributed by atoms with van der Waals surface area (Å²) in [7, 11) is 1.56. The largest absolute Gasteiger partial charge is 0.493 e. The first-order valence-corrected chi connectivity index (χ1v) is 10.7. The molecule has 1 N–H and O–H groups in total. The van der Waals surface area contributed by atoms with Crippen molar-refractivity contribution in [1.82, 2.24) is 0 Å². The number of hydrogen-bond donors (Lipinski definition) is 1. The van der Waals surface area contributed by atoms with Gasteiger partial charge in [-0.2, -0.15) is 0 Å². The highest BCUT2D eigenvalue weighted by Gasteiger charge is 2.50. The summed E-state index contributed by atoms with van der Waals surface area (Å²) in [5, 5.41) is 11.4. The zero-order chi connectivity index (χ0) is 22.0. The van der Waals surface area contributed by atoms with Gasteiger partial charge in [-0.3, -0.25) is 9.59 Å². The van der Waals surface area contributed by atoms with Gasteiger partial charge in [0.15, 0.2) is 22.9 Å². The molecule has 4 rings (SSSR count). The van der Waals surface area contributed by atoms with Crippen molar-refractivity contribution in [1.29, 1.82) is 0 Å². The first-order chi connectivity index (χ1) is 14.9. The minimum atomic E-state index is -1.89. The average molecular weight is 438 g/mol. The number of carbonyl (C=O) groups is 2. The van der Waals surface area contributed by atoms with Gasteiger partial charge >= 0.3 is 0 Å². The van der Waals surface area contributed by atoms with E-state index in [0.29, 0.717) is 27.6 Å². The van der Waals surface area contributed by atoms with Gasteiger partial charge in [0.1, 0.15) is 6.61 Å². The molecule has 1 atom stereocenters. The predicted molar refractivity (Wildman–Crippen MR) is 119 cm³/mol. The first-order valence-electron chi connectivity index (χ1n) is 9.93. The van der Waals surface area contributed by atoms with Crippen molar-refractivity contribution in [2.45, 2.75) is 18.9 Å². The topological polar surface area (TPSA) is 76.1 Å². The third kappa shape index (κ3) is 3.94. The predicted octanol–water partition coefficient (Wildman–Crippen LogP) is 3.95. The lowest BCUT2D eigenvalue weighted by atomic mass is 9.89. The summed E-state index contributed by atoms with van der Waals surface area (Å²) < 4.78 is 11.1. The molecule has 2 heterocycles. The minimum Gasteiger partial charge on any atom is -0.493 e. The second kappa shape index (κ2) is 8.53. The number of ether oxygens (including phenoxy) is 2. The van der Waals surface area contributed by atoms with E-state index in [4.69, 9.17) is 9.47 Å². The summed E-state index contributed by atoms with van der Waals surface area (Å²) >= 11 is 1.36. The monoisotopic (exact) mass is 437 g/mol. The van der Waals surface area contributed by atoms with Crippen LogP contribution in [0.4, 0.5) is 5.69 Å². The fourth-order valence-electron chi connectivity index (χ4n) is 3.79. The third-order valence-corrected chi connectivity index (χ3v) is 6.35. The molecule has 0 bridgehead atoms. The molecule has 0 aliphatic carbocycles. The van der Waals surface area contributed by atoms with Crippen LogP contribution in [0.2, 0.25) is 0 Å². The van der Waals surface area contributed by atoms with Crippen molar-refractivity contribution >= 4 is 28.7 Å². The fraction of sp³-hybridized carbons (Fsp3) is 0.250. The molecule has 1 aromatic heterocycles. The van der Waals surface area contributed by atoms with Crippen LogP contribution in [-0.4, -0.2) is 37.1 Å². The van der Waals surface area contributed by atoms with Crippen molar-refractivity contribution < 1.29 is 24.2 Å². The van der Waals surface area contributed by atoms with Gasteiger partial charge < -0.3 is 19.5 Å². The number of hydrogen-bond acceptors (Lipinski definition) is 6. The summed E-state index contributed by atoms with van der Waals surface area (Å²) in [6.45, 7) is 2.34. The van der Waals surface area contributed by atoms with Crippen LogP contribution in [0, 0.1) is 6.92 Å². The highest BCUT2D eigenvalue weighted by Crippen LogP contribution is 2.43. The molecule has 7 heteroatoms. The lowest BCUT2D eigenvalue weighted by molar-refractivity contribution is -0.135. The van der Waals surface area contributed by atoms with Gasteiger partial charge in [0.2, 0.25) is 0 Å². The number of fused-ring (bicyclic) bond motifs is 1. The van der Waals surface area contributed by atoms with Crippen molar-refractivity contribution in [2.75, 3.05) is 25.2 Å². The number of thiophene rings is 1. The molecule has 0 spiro atoms. The van der Waals surface area contributed by atoms with Crippen LogP contribution >= 0.6 is 11.3 Å². The molecule has 1 aliphatic heterocycles. The lowest BCUT2D eigenvalue weighted by Gasteiger charge is -2.22. The molecule has 6 nitrogen and oxygen atoms in total. The fourth-order valence-corrected chi connectivity index (χ4v) is 4.59. The maximum atomic E-state index is 13.3. The van der Waals surface area contributed by atoms with Gasteiger partial charge in [-0.15, -0.1) is 11.3 Å². The number of amides is 1. The molecular weight excluding hydrogens is 414 g/mol. The molecule has 0 saturated heterocycles. The first kappa shape index (κ1) is 21.1. The van der Waals surface area contributed by atoms with Gasteiger partial charge in [-0.25, -0.2) is 0 Å². The Morgan fingerprint density at radius 3 is 2.48 bits per heavy atom. The molecule has 1 aliphatic rings. The van der Waals surface area contributed by atoms with Crippen LogP contribution in [-0.2, 0) is 10.4 Å². The van der Waals surface area contributed by atoms with Crippen LogP contribution in [0.15, 0.2) is 60.7 Å². The lowest BCUT2D eigenvalue weighted by Crippen LogP contribution is -2.43. The molecular formula is C24H23NO5S. The molecule has 0 saturated carbocycles. The number of para-hydroxylation sites is 3. The number of anilines is 1. The van der Waals surface area contributed by atoms with Crippen LogP contribution in [0.25, 0.3) is 0 Å². The zero-order valence-electron chi connectivity index (χ0n) is 17.3. The van der Waals surface area contributed by atoms with E-state index in [1.165, 1.54) is 16.2 Å². The molecule has 3 aromatic rings. The number of aliphatic hydroxyl groups is 1. The van der Waals surface area contributed by atoms with Crippen molar-refractivity contribution in [3.05, 3.63) is 76.0 Å². The van der Waals surface area contributed by atoms with Gasteiger partial charge in [-0.1, -0.05) is 30.3 Å². The van der Waals surface area contributed by atoms with Crippen LogP contribution in [0.1, 0.15) is 26.5 Å². The van der Waals surface area contributed by atoms with Gasteiger partial charge in [0, 0.05) is 10.4 Å². The molecule has 0 fully saturated rings. The number of carbonyl (C=O) groups excluding carboxylic acids is 2. The van der Waals surface area contributed by atoms with E-state index in [-0.39, 0.29) is 25.4 Å². The summed E-state index contributed by atoms with van der Waals surface area (Å²) in [6, 6.07) is 17.9. The number of Topliss-reactive ketones (excluding diaryl/α,β-unsaturated/α-hetero) is 1. The van der Waals surface area contributed by atoms with Crippen molar-refractivity contribution in [3.8, 4) is 11.5 Å². The van der Waals surface area contributed by atoms with Crippen molar-refractivity contribution in [2.24, 2.45) is 0 Å². The number of nitrogens with zero attached hydrogens (tertiary/aromatic N) is 1. The van der Waals surface area contributed by atoms with E-state index in [1.54, 1.807) is 49.6 Å². The van der Waals surface area contributed by atoms with E-state index >= 15 is 0 Å². The number of rotatable bonds is 8. The third-order valence-electron chi connectivity index (χ3n) is 5.31. The van der Waals surface area contributed by atoms with Crippen LogP contribution < -0.4 is 14.4 Å². The van der Waals surface area contributed by atoms with Crippen LogP contribution in [0.3, 0.4) is 0 Å².